The van der Waals surface area contributed by atoms with Gasteiger partial charge in [0.1, 0.15) is 11.8 Å². The van der Waals surface area contributed by atoms with Gasteiger partial charge in [-0.2, -0.15) is 5.26 Å². The highest BCUT2D eigenvalue weighted by Gasteiger charge is 2.22. The minimum absolute atomic E-state index is 0.660. The van der Waals surface area contributed by atoms with Crippen LogP contribution in [-0.2, 0) is 13.6 Å². The van der Waals surface area contributed by atoms with Crippen LogP contribution >= 0.6 is 11.8 Å². The van der Waals surface area contributed by atoms with E-state index >= 15 is 0 Å². The van der Waals surface area contributed by atoms with Crippen LogP contribution in [0.1, 0.15) is 24.1 Å². The molecule has 1 aromatic carbocycles. The van der Waals surface area contributed by atoms with Crippen molar-refractivity contribution in [3.63, 3.8) is 0 Å². The SMILES string of the molecule is CSc1ccc2c(CNC3CC3)c(C#N)n(C)c2c1. The van der Waals surface area contributed by atoms with E-state index in [-0.39, 0.29) is 0 Å². The largest absolute Gasteiger partial charge is 0.335 e. The monoisotopic (exact) mass is 271 g/mol. The van der Waals surface area contributed by atoms with Crippen LogP contribution in [0.4, 0.5) is 0 Å². The van der Waals surface area contributed by atoms with Gasteiger partial charge >= 0.3 is 0 Å². The maximum atomic E-state index is 9.40. The summed E-state index contributed by atoms with van der Waals surface area (Å²) >= 11 is 1.73. The summed E-state index contributed by atoms with van der Waals surface area (Å²) in [5.74, 6) is 0. The highest BCUT2D eigenvalue weighted by Crippen LogP contribution is 2.29. The van der Waals surface area contributed by atoms with E-state index in [2.05, 4.69) is 35.8 Å². The van der Waals surface area contributed by atoms with Crippen LogP contribution in [0.2, 0.25) is 0 Å². The summed E-state index contributed by atoms with van der Waals surface area (Å²) in [5, 5.41) is 14.1. The second-order valence-corrected chi connectivity index (χ2v) is 5.92. The van der Waals surface area contributed by atoms with E-state index in [1.165, 1.54) is 23.1 Å². The number of nitriles is 1. The molecule has 3 nitrogen and oxygen atoms in total. The Kier molecular flexibility index (Phi) is 3.26. The molecule has 0 spiro atoms. The van der Waals surface area contributed by atoms with Crippen molar-refractivity contribution in [1.29, 1.82) is 5.26 Å². The molecule has 3 rings (SSSR count). The smallest absolute Gasteiger partial charge is 0.125 e. The molecule has 1 fully saturated rings. The van der Waals surface area contributed by atoms with Gasteiger partial charge in [0.25, 0.3) is 0 Å². The fourth-order valence-electron chi connectivity index (χ4n) is 2.48. The van der Waals surface area contributed by atoms with Gasteiger partial charge < -0.3 is 9.88 Å². The third kappa shape index (κ3) is 2.24. The minimum atomic E-state index is 0.660. The van der Waals surface area contributed by atoms with Crippen molar-refractivity contribution in [2.24, 2.45) is 7.05 Å². The topological polar surface area (TPSA) is 40.8 Å². The van der Waals surface area contributed by atoms with Crippen molar-refractivity contribution in [1.82, 2.24) is 9.88 Å². The number of fused-ring (bicyclic) bond motifs is 1. The summed E-state index contributed by atoms with van der Waals surface area (Å²) < 4.78 is 2.01. The fraction of sp³-hybridized carbons (Fsp3) is 0.400. The summed E-state index contributed by atoms with van der Waals surface area (Å²) in [4.78, 5) is 1.24. The van der Waals surface area contributed by atoms with E-state index in [0.29, 0.717) is 6.04 Å². The van der Waals surface area contributed by atoms with Crippen molar-refractivity contribution in [2.45, 2.75) is 30.3 Å². The first-order chi connectivity index (χ1) is 9.24. The molecule has 4 heteroatoms. The van der Waals surface area contributed by atoms with Gasteiger partial charge in [-0.05, 0) is 31.2 Å². The third-order valence-corrected chi connectivity index (χ3v) is 4.49. The normalized spacial score (nSPS) is 14.8. The Morgan fingerprint density at radius 1 is 1.47 bits per heavy atom. The van der Waals surface area contributed by atoms with Gasteiger partial charge in [0, 0.05) is 35.5 Å². The maximum absolute atomic E-state index is 9.40. The Balaban J connectivity index is 2.09. The average Bonchev–Trinajstić information content (AvgIpc) is 3.22. The highest BCUT2D eigenvalue weighted by molar-refractivity contribution is 7.98. The van der Waals surface area contributed by atoms with E-state index in [1.807, 2.05) is 11.6 Å². The van der Waals surface area contributed by atoms with Crippen molar-refractivity contribution < 1.29 is 0 Å². The Labute approximate surface area is 117 Å². The fourth-order valence-corrected chi connectivity index (χ4v) is 2.91. The first kappa shape index (κ1) is 12.6. The van der Waals surface area contributed by atoms with Crippen LogP contribution < -0.4 is 5.32 Å². The van der Waals surface area contributed by atoms with Gasteiger partial charge in [0.2, 0.25) is 0 Å². The van der Waals surface area contributed by atoms with E-state index in [9.17, 15) is 5.26 Å². The number of benzene rings is 1. The van der Waals surface area contributed by atoms with Gasteiger partial charge in [-0.25, -0.2) is 0 Å². The molecule has 1 aliphatic rings. The van der Waals surface area contributed by atoms with Crippen LogP contribution in [0.3, 0.4) is 0 Å². The van der Waals surface area contributed by atoms with Crippen molar-refractivity contribution in [2.75, 3.05) is 6.26 Å². The molecular weight excluding hydrogens is 254 g/mol. The van der Waals surface area contributed by atoms with Gasteiger partial charge in [-0.1, -0.05) is 6.07 Å². The Morgan fingerprint density at radius 2 is 2.26 bits per heavy atom. The zero-order chi connectivity index (χ0) is 13.4. The van der Waals surface area contributed by atoms with Gasteiger partial charge in [-0.15, -0.1) is 11.8 Å². The lowest BCUT2D eigenvalue weighted by molar-refractivity contribution is 0.687. The van der Waals surface area contributed by atoms with Crippen molar-refractivity contribution in [3.05, 3.63) is 29.5 Å². The molecule has 2 aromatic rings. The average molecular weight is 271 g/mol. The number of aromatic nitrogens is 1. The zero-order valence-electron chi connectivity index (χ0n) is 11.2. The summed E-state index contributed by atoms with van der Waals surface area (Å²) in [6.07, 6.45) is 4.61. The second-order valence-electron chi connectivity index (χ2n) is 5.04. The Morgan fingerprint density at radius 3 is 2.89 bits per heavy atom. The molecule has 98 valence electrons. The van der Waals surface area contributed by atoms with E-state index in [1.54, 1.807) is 11.8 Å². The number of thioether (sulfide) groups is 1. The van der Waals surface area contributed by atoms with E-state index in [4.69, 9.17) is 0 Å². The molecule has 0 radical (unpaired) electrons. The van der Waals surface area contributed by atoms with E-state index in [0.717, 1.165) is 23.3 Å². The number of nitrogens with zero attached hydrogens (tertiary/aromatic N) is 2. The predicted molar refractivity (Wildman–Crippen MR) is 79.3 cm³/mol. The molecule has 0 bridgehead atoms. The van der Waals surface area contributed by atoms with Crippen molar-refractivity contribution >= 4 is 22.7 Å². The van der Waals surface area contributed by atoms with Gasteiger partial charge in [0.05, 0.1) is 5.52 Å². The number of hydrogen-bond acceptors (Lipinski definition) is 3. The molecule has 0 atom stereocenters. The lowest BCUT2D eigenvalue weighted by Crippen LogP contribution is -2.16. The molecule has 1 saturated carbocycles. The van der Waals surface area contributed by atoms with Crippen LogP contribution in [0.25, 0.3) is 10.9 Å². The molecular formula is C15H17N3S. The Bertz CT molecular complexity index is 662. The minimum Gasteiger partial charge on any atom is -0.335 e. The lowest BCUT2D eigenvalue weighted by Gasteiger charge is -2.02. The molecule has 1 aromatic heterocycles. The quantitative estimate of drug-likeness (QED) is 0.869. The molecule has 0 aliphatic heterocycles. The number of hydrogen-bond donors (Lipinski definition) is 1. The molecule has 1 aliphatic carbocycles. The number of nitrogens with one attached hydrogen (secondary N) is 1. The van der Waals surface area contributed by atoms with Crippen LogP contribution in [0, 0.1) is 11.3 Å². The molecule has 19 heavy (non-hydrogen) atoms. The van der Waals surface area contributed by atoms with Crippen LogP contribution in [0.15, 0.2) is 23.1 Å². The van der Waals surface area contributed by atoms with Crippen LogP contribution in [0.5, 0.6) is 0 Å². The first-order valence-electron chi connectivity index (χ1n) is 6.53. The van der Waals surface area contributed by atoms with Crippen molar-refractivity contribution in [3.8, 4) is 6.07 Å². The highest BCUT2D eigenvalue weighted by atomic mass is 32.2. The second kappa shape index (κ2) is 4.92. The molecule has 0 saturated heterocycles. The Hall–Kier alpha value is -1.44. The summed E-state index contributed by atoms with van der Waals surface area (Å²) in [6.45, 7) is 0.795. The molecule has 0 amide bonds. The summed E-state index contributed by atoms with van der Waals surface area (Å²) in [7, 11) is 1.98. The number of aryl methyl sites for hydroxylation is 1. The van der Waals surface area contributed by atoms with Gasteiger partial charge in [-0.3, -0.25) is 0 Å². The molecule has 0 unspecified atom stereocenters. The third-order valence-electron chi connectivity index (χ3n) is 3.76. The zero-order valence-corrected chi connectivity index (χ0v) is 12.0. The lowest BCUT2D eigenvalue weighted by atomic mass is 10.1. The van der Waals surface area contributed by atoms with Gasteiger partial charge in [0.15, 0.2) is 0 Å². The number of rotatable bonds is 4. The summed E-state index contributed by atoms with van der Waals surface area (Å²) in [6, 6.07) is 9.46. The molecule has 1 heterocycles. The van der Waals surface area contributed by atoms with Crippen LogP contribution in [-0.4, -0.2) is 16.9 Å². The van der Waals surface area contributed by atoms with E-state index < -0.39 is 0 Å². The standard InChI is InChI=1S/C15H17N3S/c1-18-14-7-11(19-2)5-6-12(14)13(15(18)8-16)9-17-10-3-4-10/h5-7,10,17H,3-4,9H2,1-2H3. The summed E-state index contributed by atoms with van der Waals surface area (Å²) in [5.41, 5.74) is 3.07. The maximum Gasteiger partial charge on any atom is 0.125 e. The molecule has 1 N–H and O–H groups in total. The first-order valence-corrected chi connectivity index (χ1v) is 7.76. The predicted octanol–water partition coefficient (Wildman–Crippen LogP) is 3.02.